The van der Waals surface area contributed by atoms with Crippen LogP contribution in [0.15, 0.2) is 60.7 Å². The lowest BCUT2D eigenvalue weighted by Gasteiger charge is -2.21. The van der Waals surface area contributed by atoms with Crippen LogP contribution in [-0.2, 0) is 12.8 Å². The van der Waals surface area contributed by atoms with E-state index in [1.165, 1.54) is 28.9 Å². The van der Waals surface area contributed by atoms with E-state index in [1.54, 1.807) is 0 Å². The summed E-state index contributed by atoms with van der Waals surface area (Å²) in [7, 11) is 0. The monoisotopic (exact) mass is 400 g/mol. The highest BCUT2D eigenvalue weighted by Gasteiger charge is 2.23. The van der Waals surface area contributed by atoms with Crippen LogP contribution in [-0.4, -0.2) is 17.0 Å². The quantitative estimate of drug-likeness (QED) is 0.537. The van der Waals surface area contributed by atoms with Gasteiger partial charge in [0.05, 0.1) is 5.69 Å². The van der Waals surface area contributed by atoms with E-state index in [1.807, 2.05) is 12.1 Å². The van der Waals surface area contributed by atoms with Crippen LogP contribution in [0.4, 0.5) is 0 Å². The van der Waals surface area contributed by atoms with E-state index in [0.29, 0.717) is 5.92 Å². The molecule has 1 heterocycles. The molecule has 156 valence electrons. The third-order valence-corrected chi connectivity index (χ3v) is 6.10. The minimum absolute atomic E-state index is 0.00819. The van der Waals surface area contributed by atoms with E-state index in [4.69, 9.17) is 0 Å². The molecule has 3 nitrogen and oxygen atoms in total. The number of nitrogens with zero attached hydrogens (tertiary/aromatic N) is 1. The highest BCUT2D eigenvalue weighted by molar-refractivity contribution is 5.94. The van der Waals surface area contributed by atoms with Crippen LogP contribution in [0.5, 0.6) is 0 Å². The largest absolute Gasteiger partial charge is 0.352 e. The van der Waals surface area contributed by atoms with Crippen LogP contribution >= 0.6 is 0 Å². The van der Waals surface area contributed by atoms with E-state index in [-0.39, 0.29) is 5.91 Å². The smallest absolute Gasteiger partial charge is 0.251 e. The Morgan fingerprint density at radius 2 is 1.83 bits per heavy atom. The summed E-state index contributed by atoms with van der Waals surface area (Å²) in [5, 5.41) is 3.03. The molecule has 0 spiro atoms. The van der Waals surface area contributed by atoms with Crippen LogP contribution in [0.25, 0.3) is 16.9 Å². The van der Waals surface area contributed by atoms with Gasteiger partial charge in [-0.25, -0.2) is 0 Å². The Bertz CT molecular complexity index is 999. The first-order chi connectivity index (χ1) is 14.5. The molecule has 0 bridgehead atoms. The van der Waals surface area contributed by atoms with Crippen molar-refractivity contribution in [3.63, 3.8) is 0 Å². The van der Waals surface area contributed by atoms with Crippen molar-refractivity contribution in [3.05, 3.63) is 77.5 Å². The summed E-state index contributed by atoms with van der Waals surface area (Å²) in [6, 6.07) is 21.0. The second kappa shape index (κ2) is 8.91. The molecule has 4 rings (SSSR count). The Morgan fingerprint density at radius 1 is 1.10 bits per heavy atom. The SMILES string of the molecule is CC(C)CCNC(=O)c1ccc(-n2c(-c3ccccc3)cc3c2CCC(C)C3)cc1. The second-order valence-electron chi connectivity index (χ2n) is 9.04. The first kappa shape index (κ1) is 20.5. The van der Waals surface area contributed by atoms with Crippen molar-refractivity contribution < 1.29 is 4.79 Å². The zero-order valence-corrected chi connectivity index (χ0v) is 18.3. The number of fused-ring (bicyclic) bond motifs is 1. The summed E-state index contributed by atoms with van der Waals surface area (Å²) >= 11 is 0. The normalized spacial score (nSPS) is 15.8. The molecular formula is C27H32N2O. The van der Waals surface area contributed by atoms with E-state index < -0.39 is 0 Å². The fraction of sp³-hybridized carbons (Fsp3) is 0.370. The number of carbonyl (C=O) groups is 1. The summed E-state index contributed by atoms with van der Waals surface area (Å²) in [4.78, 5) is 12.5. The predicted octanol–water partition coefficient (Wildman–Crippen LogP) is 6.05. The van der Waals surface area contributed by atoms with Gasteiger partial charge in [-0.1, -0.05) is 51.1 Å². The van der Waals surface area contributed by atoms with Crippen LogP contribution in [0.3, 0.4) is 0 Å². The molecule has 1 aliphatic rings. The average molecular weight is 401 g/mol. The summed E-state index contributed by atoms with van der Waals surface area (Å²) < 4.78 is 2.40. The molecule has 0 radical (unpaired) electrons. The van der Waals surface area contributed by atoms with Crippen molar-refractivity contribution in [1.82, 2.24) is 9.88 Å². The molecule has 1 aromatic heterocycles. The third-order valence-electron chi connectivity index (χ3n) is 6.10. The molecule has 0 saturated carbocycles. The number of carbonyl (C=O) groups excluding carboxylic acids is 1. The van der Waals surface area contributed by atoms with Crippen molar-refractivity contribution in [3.8, 4) is 16.9 Å². The molecule has 1 atom stereocenters. The molecule has 3 heteroatoms. The van der Waals surface area contributed by atoms with Gasteiger partial charge < -0.3 is 9.88 Å². The van der Waals surface area contributed by atoms with Crippen LogP contribution < -0.4 is 5.32 Å². The maximum absolute atomic E-state index is 12.5. The maximum Gasteiger partial charge on any atom is 0.251 e. The van der Waals surface area contributed by atoms with Crippen molar-refractivity contribution in [2.75, 3.05) is 6.54 Å². The van der Waals surface area contributed by atoms with Gasteiger partial charge in [-0.05, 0) is 79.0 Å². The fourth-order valence-electron chi connectivity index (χ4n) is 4.37. The zero-order chi connectivity index (χ0) is 21.1. The van der Waals surface area contributed by atoms with Gasteiger partial charge in [0.15, 0.2) is 0 Å². The number of amides is 1. The lowest BCUT2D eigenvalue weighted by atomic mass is 9.89. The Morgan fingerprint density at radius 3 is 2.53 bits per heavy atom. The van der Waals surface area contributed by atoms with Gasteiger partial charge in [0.2, 0.25) is 0 Å². The predicted molar refractivity (Wildman–Crippen MR) is 124 cm³/mol. The number of rotatable bonds is 6. The van der Waals surface area contributed by atoms with Gasteiger partial charge >= 0.3 is 0 Å². The topological polar surface area (TPSA) is 34.0 Å². The van der Waals surface area contributed by atoms with Crippen LogP contribution in [0, 0.1) is 11.8 Å². The van der Waals surface area contributed by atoms with Crippen LogP contribution in [0.1, 0.15) is 55.2 Å². The fourth-order valence-corrected chi connectivity index (χ4v) is 4.37. The Labute approximate surface area is 180 Å². The van der Waals surface area contributed by atoms with E-state index >= 15 is 0 Å². The van der Waals surface area contributed by atoms with E-state index in [2.05, 4.69) is 79.2 Å². The molecule has 2 aromatic carbocycles. The maximum atomic E-state index is 12.5. The Kier molecular flexibility index (Phi) is 6.08. The van der Waals surface area contributed by atoms with E-state index in [9.17, 15) is 4.79 Å². The molecule has 30 heavy (non-hydrogen) atoms. The van der Waals surface area contributed by atoms with Gasteiger partial charge in [0.1, 0.15) is 0 Å². The summed E-state index contributed by atoms with van der Waals surface area (Å²) in [6.07, 6.45) is 4.46. The lowest BCUT2D eigenvalue weighted by Crippen LogP contribution is -2.25. The van der Waals surface area contributed by atoms with Crippen molar-refractivity contribution >= 4 is 5.91 Å². The molecule has 1 amide bonds. The zero-order valence-electron chi connectivity index (χ0n) is 18.3. The second-order valence-corrected chi connectivity index (χ2v) is 9.04. The standard InChI is InChI=1S/C27H32N2O/c1-19(2)15-16-28-27(30)22-10-12-24(13-11-22)29-25-14-9-20(3)17-23(25)18-26(29)21-7-5-4-6-8-21/h4-8,10-13,18-20H,9,14-17H2,1-3H3,(H,28,30). The minimum Gasteiger partial charge on any atom is -0.352 e. The highest BCUT2D eigenvalue weighted by atomic mass is 16.1. The molecular weight excluding hydrogens is 368 g/mol. The van der Waals surface area contributed by atoms with Gasteiger partial charge in [0.25, 0.3) is 5.91 Å². The number of hydrogen-bond donors (Lipinski definition) is 1. The van der Waals surface area contributed by atoms with E-state index in [0.717, 1.165) is 43.0 Å². The molecule has 0 aliphatic heterocycles. The Hall–Kier alpha value is -2.81. The third kappa shape index (κ3) is 4.35. The van der Waals surface area contributed by atoms with Crippen molar-refractivity contribution in [2.24, 2.45) is 11.8 Å². The highest BCUT2D eigenvalue weighted by Crippen LogP contribution is 2.35. The van der Waals surface area contributed by atoms with Gasteiger partial charge in [0, 0.05) is 23.5 Å². The number of benzene rings is 2. The van der Waals surface area contributed by atoms with Gasteiger partial charge in [-0.15, -0.1) is 0 Å². The summed E-state index contributed by atoms with van der Waals surface area (Å²) in [6.45, 7) is 7.41. The van der Waals surface area contributed by atoms with Gasteiger partial charge in [-0.2, -0.15) is 0 Å². The number of nitrogens with one attached hydrogen (secondary N) is 1. The number of hydrogen-bond acceptors (Lipinski definition) is 1. The molecule has 1 aliphatic carbocycles. The van der Waals surface area contributed by atoms with Crippen molar-refractivity contribution in [1.29, 1.82) is 0 Å². The molecule has 1 N–H and O–H groups in total. The Balaban J connectivity index is 1.66. The molecule has 0 saturated heterocycles. The molecule has 1 unspecified atom stereocenters. The minimum atomic E-state index is 0.00819. The number of aromatic nitrogens is 1. The first-order valence-electron chi connectivity index (χ1n) is 11.2. The van der Waals surface area contributed by atoms with Gasteiger partial charge in [-0.3, -0.25) is 4.79 Å². The molecule has 3 aromatic rings. The summed E-state index contributed by atoms with van der Waals surface area (Å²) in [5.74, 6) is 1.33. The molecule has 0 fully saturated rings. The first-order valence-corrected chi connectivity index (χ1v) is 11.2. The van der Waals surface area contributed by atoms with Crippen LogP contribution in [0.2, 0.25) is 0 Å². The average Bonchev–Trinajstić information content (AvgIpc) is 3.12. The lowest BCUT2D eigenvalue weighted by molar-refractivity contribution is 0.0952. The summed E-state index contributed by atoms with van der Waals surface area (Å²) in [5.41, 5.74) is 7.20. The van der Waals surface area contributed by atoms with Crippen molar-refractivity contribution in [2.45, 2.75) is 46.5 Å².